The number of hydrogen-bond donors (Lipinski definition) is 4. The number of hydrogen-bond acceptors (Lipinski definition) is 5. The second kappa shape index (κ2) is 11.9. The number of carbonyl (C=O) groups is 3. The van der Waals surface area contributed by atoms with Gasteiger partial charge in [-0.25, -0.2) is 0 Å². The van der Waals surface area contributed by atoms with E-state index in [1.54, 1.807) is 11.9 Å². The highest BCUT2D eigenvalue weighted by Gasteiger charge is 2.37. The van der Waals surface area contributed by atoms with E-state index in [0.29, 0.717) is 45.1 Å². The average molecular weight is 417 g/mol. The molecule has 1 aliphatic rings. The highest BCUT2D eigenvalue weighted by atomic mass is 16.2. The molecule has 0 saturated carbocycles. The van der Waals surface area contributed by atoms with Crippen LogP contribution in [0.4, 0.5) is 0 Å². The van der Waals surface area contributed by atoms with Gasteiger partial charge in [0.15, 0.2) is 5.96 Å². The zero-order valence-corrected chi connectivity index (χ0v) is 17.4. The van der Waals surface area contributed by atoms with Crippen LogP contribution in [0.15, 0.2) is 35.3 Å². The van der Waals surface area contributed by atoms with Crippen LogP contribution in [0, 0.1) is 0 Å². The van der Waals surface area contributed by atoms with Crippen LogP contribution in [0.2, 0.25) is 0 Å². The third-order valence-corrected chi connectivity index (χ3v) is 5.23. The smallest absolute Gasteiger partial charge is 0.243 e. The molecule has 0 unspecified atom stereocenters. The van der Waals surface area contributed by atoms with E-state index in [-0.39, 0.29) is 17.8 Å². The fourth-order valence-corrected chi connectivity index (χ4v) is 3.64. The Hall–Kier alpha value is -2.94. The lowest BCUT2D eigenvalue weighted by Crippen LogP contribution is -2.54. The number of benzene rings is 1. The first-order chi connectivity index (χ1) is 14.5. The molecule has 9 heteroatoms. The van der Waals surface area contributed by atoms with Crippen molar-refractivity contribution in [3.05, 3.63) is 35.9 Å². The minimum absolute atomic E-state index is 0.00334. The molecule has 1 aliphatic heterocycles. The van der Waals surface area contributed by atoms with Gasteiger partial charge in [0.05, 0.1) is 12.1 Å². The molecule has 30 heavy (non-hydrogen) atoms. The Morgan fingerprint density at radius 2 is 2.03 bits per heavy atom. The van der Waals surface area contributed by atoms with Crippen LogP contribution in [0.5, 0.6) is 0 Å². The van der Waals surface area contributed by atoms with Gasteiger partial charge in [-0.15, -0.1) is 0 Å². The number of carbonyl (C=O) groups excluding carboxylic acids is 3. The van der Waals surface area contributed by atoms with E-state index in [1.807, 2.05) is 30.3 Å². The summed E-state index contributed by atoms with van der Waals surface area (Å²) in [4.78, 5) is 42.8. The Labute approximate surface area is 177 Å². The van der Waals surface area contributed by atoms with Crippen LogP contribution in [0.3, 0.4) is 0 Å². The summed E-state index contributed by atoms with van der Waals surface area (Å²) in [5.74, 6) is -0.403. The highest BCUT2D eigenvalue weighted by molar-refractivity contribution is 5.91. The van der Waals surface area contributed by atoms with Crippen molar-refractivity contribution in [1.82, 2.24) is 15.5 Å². The van der Waals surface area contributed by atoms with Crippen molar-refractivity contribution in [2.24, 2.45) is 16.5 Å². The molecule has 1 saturated heterocycles. The predicted octanol–water partition coefficient (Wildman–Crippen LogP) is -0.455. The van der Waals surface area contributed by atoms with E-state index in [1.165, 1.54) is 0 Å². The van der Waals surface area contributed by atoms with Crippen molar-refractivity contribution in [1.29, 1.82) is 0 Å². The second-order valence-corrected chi connectivity index (χ2v) is 7.42. The van der Waals surface area contributed by atoms with Crippen molar-refractivity contribution in [2.45, 2.75) is 50.2 Å². The first-order valence-corrected chi connectivity index (χ1v) is 10.3. The van der Waals surface area contributed by atoms with Crippen LogP contribution < -0.4 is 22.1 Å². The van der Waals surface area contributed by atoms with E-state index in [2.05, 4.69) is 15.6 Å². The number of aldehydes is 1. The molecule has 9 nitrogen and oxygen atoms in total. The molecular weight excluding hydrogens is 384 g/mol. The number of guanidine groups is 1. The second-order valence-electron chi connectivity index (χ2n) is 7.42. The van der Waals surface area contributed by atoms with Gasteiger partial charge in [-0.3, -0.25) is 14.6 Å². The average Bonchev–Trinajstić information content (AvgIpc) is 3.24. The van der Waals surface area contributed by atoms with Crippen LogP contribution in [-0.4, -0.2) is 67.2 Å². The van der Waals surface area contributed by atoms with Crippen LogP contribution in [0.25, 0.3) is 0 Å². The minimum Gasteiger partial charge on any atom is -0.370 e. The minimum atomic E-state index is -0.631. The van der Waals surface area contributed by atoms with Gasteiger partial charge >= 0.3 is 0 Å². The summed E-state index contributed by atoms with van der Waals surface area (Å²) in [6.45, 7) is 0.917. The monoisotopic (exact) mass is 416 g/mol. The number of nitrogens with two attached hydrogens (primary N) is 2. The molecule has 3 atom stereocenters. The van der Waals surface area contributed by atoms with Crippen molar-refractivity contribution in [3.8, 4) is 0 Å². The SMILES string of the molecule is CN[C@H](Cc1ccccc1)C(=O)N1CCC[C@H]1C(=O)N[C@@H](C=O)CCCN=C(N)N. The summed E-state index contributed by atoms with van der Waals surface area (Å²) in [6.07, 6.45) is 3.58. The van der Waals surface area contributed by atoms with Crippen LogP contribution >= 0.6 is 0 Å². The van der Waals surface area contributed by atoms with Gasteiger partial charge < -0.3 is 31.8 Å². The lowest BCUT2D eigenvalue weighted by atomic mass is 10.0. The fraction of sp³-hybridized carbons (Fsp3) is 0.524. The van der Waals surface area contributed by atoms with E-state index in [4.69, 9.17) is 11.5 Å². The molecule has 1 heterocycles. The van der Waals surface area contributed by atoms with Crippen LogP contribution in [0.1, 0.15) is 31.2 Å². The summed E-state index contributed by atoms with van der Waals surface area (Å²) in [7, 11) is 1.75. The van der Waals surface area contributed by atoms with Gasteiger partial charge in [-0.05, 0) is 44.7 Å². The summed E-state index contributed by atoms with van der Waals surface area (Å²) in [6, 6.07) is 8.14. The maximum atomic E-state index is 13.1. The molecule has 0 bridgehead atoms. The third kappa shape index (κ3) is 6.84. The number of aliphatic imine (C=N–C) groups is 1. The first kappa shape index (κ1) is 23.3. The van der Waals surface area contributed by atoms with Crippen molar-refractivity contribution in [3.63, 3.8) is 0 Å². The number of nitrogens with one attached hydrogen (secondary N) is 2. The maximum absolute atomic E-state index is 13.1. The van der Waals surface area contributed by atoms with E-state index >= 15 is 0 Å². The number of likely N-dealkylation sites (N-methyl/N-ethyl adjacent to an activating group) is 1. The van der Waals surface area contributed by atoms with Crippen molar-refractivity contribution in [2.75, 3.05) is 20.1 Å². The van der Waals surface area contributed by atoms with Gasteiger partial charge in [0.1, 0.15) is 12.3 Å². The molecule has 0 spiro atoms. The molecule has 1 aromatic carbocycles. The molecule has 0 radical (unpaired) electrons. The van der Waals surface area contributed by atoms with Crippen molar-refractivity contribution < 1.29 is 14.4 Å². The number of likely N-dealkylation sites (tertiary alicyclic amines) is 1. The summed E-state index contributed by atoms with van der Waals surface area (Å²) in [5, 5.41) is 5.83. The lowest BCUT2D eigenvalue weighted by Gasteiger charge is -2.29. The molecule has 0 aromatic heterocycles. The van der Waals surface area contributed by atoms with Crippen LogP contribution in [-0.2, 0) is 20.8 Å². The molecule has 6 N–H and O–H groups in total. The van der Waals surface area contributed by atoms with Gasteiger partial charge in [-0.1, -0.05) is 30.3 Å². The molecule has 164 valence electrons. The lowest BCUT2D eigenvalue weighted by molar-refractivity contribution is -0.140. The predicted molar refractivity (Wildman–Crippen MR) is 116 cm³/mol. The Morgan fingerprint density at radius 1 is 1.30 bits per heavy atom. The van der Waals surface area contributed by atoms with E-state index < -0.39 is 18.1 Å². The summed E-state index contributed by atoms with van der Waals surface area (Å²) in [5.41, 5.74) is 11.6. The number of nitrogens with zero attached hydrogens (tertiary/aromatic N) is 2. The zero-order valence-electron chi connectivity index (χ0n) is 17.4. The Bertz CT molecular complexity index is 736. The van der Waals surface area contributed by atoms with Gasteiger partial charge in [0.2, 0.25) is 11.8 Å². The quantitative estimate of drug-likeness (QED) is 0.166. The summed E-state index contributed by atoms with van der Waals surface area (Å²) < 4.78 is 0. The zero-order chi connectivity index (χ0) is 21.9. The summed E-state index contributed by atoms with van der Waals surface area (Å²) >= 11 is 0. The molecule has 1 fully saturated rings. The first-order valence-electron chi connectivity index (χ1n) is 10.3. The molecular formula is C21H32N6O3. The number of rotatable bonds is 11. The molecule has 2 amide bonds. The largest absolute Gasteiger partial charge is 0.370 e. The Kier molecular flexibility index (Phi) is 9.27. The topological polar surface area (TPSA) is 143 Å². The van der Waals surface area contributed by atoms with E-state index in [0.717, 1.165) is 12.0 Å². The van der Waals surface area contributed by atoms with Gasteiger partial charge in [0, 0.05) is 13.1 Å². The third-order valence-electron chi connectivity index (χ3n) is 5.23. The Morgan fingerprint density at radius 3 is 2.67 bits per heavy atom. The van der Waals surface area contributed by atoms with Crippen molar-refractivity contribution >= 4 is 24.1 Å². The van der Waals surface area contributed by atoms with Gasteiger partial charge in [-0.2, -0.15) is 0 Å². The normalized spacial score (nSPS) is 17.8. The standard InChI is InChI=1S/C21H32N6O3/c1-24-17(13-15-7-3-2-4-8-15)20(30)27-12-6-10-18(27)19(29)26-16(14-28)9-5-11-25-21(22)23/h2-4,7-8,14,16-18,24H,5-6,9-13H2,1H3,(H,26,29)(H4,22,23,25)/t16-,17-,18+/m1/s1. The fourth-order valence-electron chi connectivity index (χ4n) is 3.64. The Balaban J connectivity index is 1.95. The maximum Gasteiger partial charge on any atom is 0.243 e. The molecule has 1 aromatic rings. The van der Waals surface area contributed by atoms with E-state index in [9.17, 15) is 14.4 Å². The molecule has 0 aliphatic carbocycles. The highest BCUT2D eigenvalue weighted by Crippen LogP contribution is 2.20. The number of amides is 2. The molecule has 2 rings (SSSR count). The van der Waals surface area contributed by atoms with Gasteiger partial charge in [0.25, 0.3) is 0 Å².